The molecule has 9 heteroatoms. The number of benzene rings is 2. The van der Waals surface area contributed by atoms with Gasteiger partial charge in [0.05, 0.1) is 32.4 Å². The van der Waals surface area contributed by atoms with Crippen LogP contribution >= 0.6 is 11.3 Å². The van der Waals surface area contributed by atoms with Crippen LogP contribution in [0.4, 0.5) is 0 Å². The van der Waals surface area contributed by atoms with Crippen LogP contribution < -0.4 is 19.5 Å². The third-order valence-corrected chi connectivity index (χ3v) is 6.35. The second-order valence-electron chi connectivity index (χ2n) is 8.03. The summed E-state index contributed by atoms with van der Waals surface area (Å²) in [6.07, 6.45) is 0.824. The summed E-state index contributed by atoms with van der Waals surface area (Å²) in [6, 6.07) is 12.8. The number of nitrogens with zero attached hydrogens (tertiary/aromatic N) is 2. The Kier molecular flexibility index (Phi) is 9.08. The fourth-order valence-corrected chi connectivity index (χ4v) is 4.28. The third kappa shape index (κ3) is 6.73. The molecule has 0 bridgehead atoms. The number of hydrogen-bond donors (Lipinski definition) is 1. The first-order chi connectivity index (χ1) is 16.9. The largest absolute Gasteiger partial charge is 0.493 e. The summed E-state index contributed by atoms with van der Waals surface area (Å²) in [7, 11) is 6.55. The molecule has 0 aliphatic heterocycles. The van der Waals surface area contributed by atoms with Crippen LogP contribution in [0.2, 0.25) is 0 Å². The Bertz CT molecular complexity index is 1160. The number of rotatable bonds is 11. The van der Waals surface area contributed by atoms with E-state index in [1.807, 2.05) is 54.8 Å². The maximum atomic E-state index is 12.9. The molecule has 3 rings (SSSR count). The number of amides is 2. The van der Waals surface area contributed by atoms with Crippen molar-refractivity contribution in [2.24, 2.45) is 0 Å². The summed E-state index contributed by atoms with van der Waals surface area (Å²) >= 11 is 1.47. The standard InChI is InChI=1S/C26H31N3O5S/c1-6-20(19-9-7-8-10-21(19)34-15-25(31)29(2)3)28-24(30)14-18-16-35-26(27-18)17-11-12-22(32-4)23(13-17)33-5/h7-13,16,20H,6,14-15H2,1-5H3,(H,28,30). The van der Waals surface area contributed by atoms with Gasteiger partial charge in [0.1, 0.15) is 10.8 Å². The molecule has 1 unspecified atom stereocenters. The van der Waals surface area contributed by atoms with Crippen molar-refractivity contribution in [2.45, 2.75) is 25.8 Å². The van der Waals surface area contributed by atoms with E-state index in [2.05, 4.69) is 10.3 Å². The van der Waals surface area contributed by atoms with E-state index < -0.39 is 0 Å². The highest BCUT2D eigenvalue weighted by Gasteiger charge is 2.19. The SMILES string of the molecule is CCC(NC(=O)Cc1csc(-c2ccc(OC)c(OC)c2)n1)c1ccccc1OCC(=O)N(C)C. The molecule has 35 heavy (non-hydrogen) atoms. The first-order valence-electron chi connectivity index (χ1n) is 11.2. The predicted octanol–water partition coefficient (Wildman–Crippen LogP) is 4.10. The molecule has 1 atom stereocenters. The lowest BCUT2D eigenvalue weighted by molar-refractivity contribution is -0.130. The van der Waals surface area contributed by atoms with Crippen molar-refractivity contribution >= 4 is 23.2 Å². The number of nitrogens with one attached hydrogen (secondary N) is 1. The number of likely N-dealkylation sites (N-methyl/N-ethyl adjacent to an activating group) is 1. The van der Waals surface area contributed by atoms with E-state index in [0.29, 0.717) is 29.4 Å². The Hall–Kier alpha value is -3.59. The second-order valence-corrected chi connectivity index (χ2v) is 8.89. The predicted molar refractivity (Wildman–Crippen MR) is 136 cm³/mol. The number of thiazole rings is 1. The molecule has 8 nitrogen and oxygen atoms in total. The molecular formula is C26H31N3O5S. The Morgan fingerprint density at radius 2 is 1.80 bits per heavy atom. The second kappa shape index (κ2) is 12.2. The molecule has 2 amide bonds. The van der Waals surface area contributed by atoms with Crippen LogP contribution in [0.5, 0.6) is 17.2 Å². The summed E-state index contributed by atoms with van der Waals surface area (Å²) in [5, 5.41) is 5.76. The van der Waals surface area contributed by atoms with E-state index in [9.17, 15) is 9.59 Å². The molecule has 0 saturated carbocycles. The minimum atomic E-state index is -0.253. The minimum absolute atomic E-state index is 0.0634. The minimum Gasteiger partial charge on any atom is -0.493 e. The lowest BCUT2D eigenvalue weighted by Gasteiger charge is -2.21. The Morgan fingerprint density at radius 3 is 2.49 bits per heavy atom. The summed E-state index contributed by atoms with van der Waals surface area (Å²) in [5.74, 6) is 1.58. The number of carbonyl (C=O) groups excluding carboxylic acids is 2. The van der Waals surface area contributed by atoms with Gasteiger partial charge in [0, 0.05) is 30.6 Å². The van der Waals surface area contributed by atoms with Gasteiger partial charge >= 0.3 is 0 Å². The highest BCUT2D eigenvalue weighted by atomic mass is 32.1. The molecule has 186 valence electrons. The van der Waals surface area contributed by atoms with Gasteiger partial charge in [0.15, 0.2) is 18.1 Å². The van der Waals surface area contributed by atoms with Crippen LogP contribution in [0.25, 0.3) is 10.6 Å². The average Bonchev–Trinajstić information content (AvgIpc) is 3.33. The molecule has 0 saturated heterocycles. The van der Waals surface area contributed by atoms with E-state index in [1.165, 1.54) is 16.2 Å². The third-order valence-electron chi connectivity index (χ3n) is 5.41. The highest BCUT2D eigenvalue weighted by molar-refractivity contribution is 7.13. The van der Waals surface area contributed by atoms with Gasteiger partial charge in [-0.25, -0.2) is 4.98 Å². The Balaban J connectivity index is 1.68. The zero-order chi connectivity index (χ0) is 25.4. The molecular weight excluding hydrogens is 466 g/mol. The quantitative estimate of drug-likeness (QED) is 0.429. The lowest BCUT2D eigenvalue weighted by atomic mass is 10.0. The first kappa shape index (κ1) is 26.0. The van der Waals surface area contributed by atoms with Crippen molar-refractivity contribution in [3.63, 3.8) is 0 Å². The van der Waals surface area contributed by atoms with Crippen molar-refractivity contribution in [1.82, 2.24) is 15.2 Å². The highest BCUT2D eigenvalue weighted by Crippen LogP contribution is 2.33. The summed E-state index contributed by atoms with van der Waals surface area (Å²) in [4.78, 5) is 30.9. The fraction of sp³-hybridized carbons (Fsp3) is 0.346. The van der Waals surface area contributed by atoms with Gasteiger partial charge in [-0.2, -0.15) is 0 Å². The maximum Gasteiger partial charge on any atom is 0.259 e. The van der Waals surface area contributed by atoms with Gasteiger partial charge in [0.2, 0.25) is 5.91 Å². The van der Waals surface area contributed by atoms with E-state index >= 15 is 0 Å². The van der Waals surface area contributed by atoms with E-state index in [1.54, 1.807) is 28.3 Å². The van der Waals surface area contributed by atoms with Crippen LogP contribution in [0.3, 0.4) is 0 Å². The van der Waals surface area contributed by atoms with Crippen LogP contribution in [0.1, 0.15) is 30.6 Å². The molecule has 0 aliphatic rings. The molecule has 3 aromatic rings. The maximum absolute atomic E-state index is 12.9. The molecule has 1 heterocycles. The molecule has 0 fully saturated rings. The topological polar surface area (TPSA) is 90.0 Å². The Morgan fingerprint density at radius 1 is 1.06 bits per heavy atom. The summed E-state index contributed by atoms with van der Waals surface area (Å²) in [5.41, 5.74) is 2.41. The van der Waals surface area contributed by atoms with Crippen LogP contribution in [0, 0.1) is 0 Å². The van der Waals surface area contributed by atoms with Crippen molar-refractivity contribution in [2.75, 3.05) is 34.9 Å². The molecule has 0 aliphatic carbocycles. The molecule has 1 aromatic heterocycles. The summed E-state index contributed by atoms with van der Waals surface area (Å²) < 4.78 is 16.4. The van der Waals surface area contributed by atoms with Gasteiger partial charge in [-0.15, -0.1) is 11.3 Å². The van der Waals surface area contributed by atoms with Crippen LogP contribution in [-0.4, -0.2) is 56.6 Å². The van der Waals surface area contributed by atoms with E-state index in [4.69, 9.17) is 14.2 Å². The van der Waals surface area contributed by atoms with E-state index in [-0.39, 0.29) is 30.9 Å². The average molecular weight is 498 g/mol. The normalized spacial score (nSPS) is 11.5. The molecule has 0 radical (unpaired) electrons. The van der Waals surface area contributed by atoms with Crippen LogP contribution in [0.15, 0.2) is 47.8 Å². The molecule has 2 aromatic carbocycles. The number of ether oxygens (including phenoxy) is 3. The summed E-state index contributed by atoms with van der Waals surface area (Å²) in [6.45, 7) is 1.93. The number of aromatic nitrogens is 1. The lowest BCUT2D eigenvalue weighted by Crippen LogP contribution is -2.31. The van der Waals surface area contributed by atoms with Gasteiger partial charge in [-0.1, -0.05) is 25.1 Å². The van der Waals surface area contributed by atoms with Gasteiger partial charge < -0.3 is 24.4 Å². The van der Waals surface area contributed by atoms with Gasteiger partial charge in [0.25, 0.3) is 5.91 Å². The first-order valence-corrected chi connectivity index (χ1v) is 12.1. The number of para-hydroxylation sites is 1. The van der Waals surface area contributed by atoms with Crippen LogP contribution in [-0.2, 0) is 16.0 Å². The Labute approximate surface area is 209 Å². The van der Waals surface area contributed by atoms with Crippen molar-refractivity contribution in [3.05, 3.63) is 59.1 Å². The van der Waals surface area contributed by atoms with Gasteiger partial charge in [-0.3, -0.25) is 9.59 Å². The molecule has 1 N–H and O–H groups in total. The number of carbonyl (C=O) groups is 2. The van der Waals surface area contributed by atoms with Crippen molar-refractivity contribution in [1.29, 1.82) is 0 Å². The number of methoxy groups -OCH3 is 2. The van der Waals surface area contributed by atoms with E-state index in [0.717, 1.165) is 16.1 Å². The zero-order valence-electron chi connectivity index (χ0n) is 20.7. The molecule has 0 spiro atoms. The fourth-order valence-electron chi connectivity index (χ4n) is 3.47. The van der Waals surface area contributed by atoms with Crippen molar-refractivity contribution in [3.8, 4) is 27.8 Å². The smallest absolute Gasteiger partial charge is 0.259 e. The monoisotopic (exact) mass is 497 g/mol. The van der Waals surface area contributed by atoms with Gasteiger partial charge in [-0.05, 0) is 30.7 Å². The zero-order valence-corrected chi connectivity index (χ0v) is 21.5. The number of hydrogen-bond acceptors (Lipinski definition) is 7. The van der Waals surface area contributed by atoms with Crippen molar-refractivity contribution < 1.29 is 23.8 Å².